The zero-order valence-electron chi connectivity index (χ0n) is 6.43. The third kappa shape index (κ3) is 0.939. The topological polar surface area (TPSA) is 60.7 Å². The van der Waals surface area contributed by atoms with E-state index in [1.54, 1.807) is 11.8 Å². The molecule has 0 fully saturated rings. The fourth-order valence-corrected chi connectivity index (χ4v) is 2.81. The smallest absolute Gasteiger partial charge is 0.302 e. The lowest BCUT2D eigenvalue weighted by atomic mass is 10.5. The summed E-state index contributed by atoms with van der Waals surface area (Å²) in [6.45, 7) is 0.870. The van der Waals surface area contributed by atoms with E-state index >= 15 is 0 Å². The fraction of sp³-hybridized carbons (Fsp3) is 0.333. The molecule has 0 bridgehead atoms. The van der Waals surface area contributed by atoms with Crippen molar-refractivity contribution in [3.63, 3.8) is 0 Å². The number of aryl methyl sites for hydroxylation is 1. The molecule has 2 aromatic rings. The van der Waals surface area contributed by atoms with E-state index in [1.165, 1.54) is 0 Å². The Morgan fingerprint density at radius 1 is 1.38 bits per heavy atom. The van der Waals surface area contributed by atoms with Gasteiger partial charge < -0.3 is 4.57 Å². The zero-order valence-corrected chi connectivity index (χ0v) is 8.06. The van der Waals surface area contributed by atoms with E-state index in [0.717, 1.165) is 29.2 Å². The SMILES string of the molecule is O=c1nc2n(c3nsnc13)CCS2. The molecule has 1 aliphatic heterocycles. The van der Waals surface area contributed by atoms with Crippen molar-refractivity contribution >= 4 is 34.7 Å². The number of rotatable bonds is 0. The van der Waals surface area contributed by atoms with E-state index in [1.807, 2.05) is 4.57 Å². The van der Waals surface area contributed by atoms with Crippen LogP contribution in [0.15, 0.2) is 9.95 Å². The van der Waals surface area contributed by atoms with E-state index in [0.29, 0.717) is 11.2 Å². The van der Waals surface area contributed by atoms with Gasteiger partial charge in [0.15, 0.2) is 16.3 Å². The maximum absolute atomic E-state index is 11.4. The predicted octanol–water partition coefficient (Wildman–Crippen LogP) is 0.354. The van der Waals surface area contributed by atoms with Gasteiger partial charge in [-0.05, 0) is 0 Å². The van der Waals surface area contributed by atoms with Crippen molar-refractivity contribution in [3.8, 4) is 0 Å². The van der Waals surface area contributed by atoms with Crippen LogP contribution >= 0.6 is 23.5 Å². The average molecular weight is 212 g/mol. The summed E-state index contributed by atoms with van der Waals surface area (Å²) < 4.78 is 9.96. The molecule has 0 unspecified atom stereocenters. The molecule has 0 saturated carbocycles. The first kappa shape index (κ1) is 7.45. The molecule has 0 radical (unpaired) electrons. The lowest BCUT2D eigenvalue weighted by Gasteiger charge is -1.99. The van der Waals surface area contributed by atoms with Gasteiger partial charge in [-0.15, -0.1) is 0 Å². The lowest BCUT2D eigenvalue weighted by Crippen LogP contribution is -2.12. The van der Waals surface area contributed by atoms with E-state index < -0.39 is 0 Å². The Morgan fingerprint density at radius 2 is 2.31 bits per heavy atom. The minimum absolute atomic E-state index is 0.260. The van der Waals surface area contributed by atoms with Gasteiger partial charge in [0.1, 0.15) is 0 Å². The number of fused-ring (bicyclic) bond motifs is 3. The van der Waals surface area contributed by atoms with E-state index in [9.17, 15) is 4.79 Å². The van der Waals surface area contributed by atoms with Crippen LogP contribution in [-0.4, -0.2) is 24.1 Å². The highest BCUT2D eigenvalue weighted by atomic mass is 32.2. The molecule has 1 aliphatic rings. The van der Waals surface area contributed by atoms with Crippen LogP contribution in [0.2, 0.25) is 0 Å². The third-order valence-corrected chi connectivity index (χ3v) is 3.38. The monoisotopic (exact) mass is 212 g/mol. The maximum atomic E-state index is 11.4. The van der Waals surface area contributed by atoms with Crippen molar-refractivity contribution in [2.45, 2.75) is 11.7 Å². The summed E-state index contributed by atoms with van der Waals surface area (Å²) in [7, 11) is 0. The van der Waals surface area contributed by atoms with E-state index in [2.05, 4.69) is 13.7 Å². The van der Waals surface area contributed by atoms with Crippen LogP contribution in [0.5, 0.6) is 0 Å². The first-order chi connectivity index (χ1) is 6.36. The highest BCUT2D eigenvalue weighted by Crippen LogP contribution is 2.24. The number of hydrogen-bond acceptors (Lipinski definition) is 6. The molecule has 3 rings (SSSR count). The molecule has 66 valence electrons. The second kappa shape index (κ2) is 2.52. The molecule has 0 saturated heterocycles. The summed E-state index contributed by atoms with van der Waals surface area (Å²) >= 11 is 2.65. The van der Waals surface area contributed by atoms with Gasteiger partial charge in [-0.1, -0.05) is 11.8 Å². The van der Waals surface area contributed by atoms with Crippen LogP contribution in [0, 0.1) is 0 Å². The summed E-state index contributed by atoms with van der Waals surface area (Å²) in [6, 6.07) is 0. The van der Waals surface area contributed by atoms with Crippen molar-refractivity contribution in [2.24, 2.45) is 0 Å². The summed E-state index contributed by atoms with van der Waals surface area (Å²) in [6.07, 6.45) is 0. The first-order valence-electron chi connectivity index (χ1n) is 3.72. The summed E-state index contributed by atoms with van der Waals surface area (Å²) in [5.74, 6) is 0.961. The Labute approximate surface area is 81.1 Å². The van der Waals surface area contributed by atoms with Gasteiger partial charge in [0.2, 0.25) is 0 Å². The molecule has 0 N–H and O–H groups in total. The number of thioether (sulfide) groups is 1. The van der Waals surface area contributed by atoms with Gasteiger partial charge in [0, 0.05) is 12.3 Å². The summed E-state index contributed by atoms with van der Waals surface area (Å²) in [5.41, 5.74) is 0.825. The van der Waals surface area contributed by atoms with E-state index in [4.69, 9.17) is 0 Å². The molecule has 0 atom stereocenters. The van der Waals surface area contributed by atoms with Gasteiger partial charge in [-0.25, -0.2) is 0 Å². The highest BCUT2D eigenvalue weighted by Gasteiger charge is 2.18. The molecule has 13 heavy (non-hydrogen) atoms. The Kier molecular flexibility index (Phi) is 1.44. The predicted molar refractivity (Wildman–Crippen MR) is 50.2 cm³/mol. The van der Waals surface area contributed by atoms with Crippen LogP contribution < -0.4 is 5.56 Å². The Balaban J connectivity index is 2.55. The second-order valence-corrected chi connectivity index (χ2v) is 4.23. The summed E-state index contributed by atoms with van der Waals surface area (Å²) in [4.78, 5) is 15.3. The molecule has 3 heterocycles. The number of nitrogens with zero attached hydrogens (tertiary/aromatic N) is 4. The van der Waals surface area contributed by atoms with Gasteiger partial charge in [-0.2, -0.15) is 13.7 Å². The Bertz CT molecular complexity index is 531. The molecular weight excluding hydrogens is 208 g/mol. The fourth-order valence-electron chi connectivity index (χ4n) is 1.33. The van der Waals surface area contributed by atoms with Crippen molar-refractivity contribution in [2.75, 3.05) is 5.75 Å². The largest absolute Gasteiger partial charge is 0.303 e. The van der Waals surface area contributed by atoms with Gasteiger partial charge in [-0.3, -0.25) is 4.79 Å². The average Bonchev–Trinajstić information content (AvgIpc) is 2.66. The van der Waals surface area contributed by atoms with Crippen LogP contribution in [0.3, 0.4) is 0 Å². The minimum Gasteiger partial charge on any atom is -0.302 e. The van der Waals surface area contributed by atoms with Crippen molar-refractivity contribution in [3.05, 3.63) is 10.4 Å². The molecular formula is C6H4N4OS2. The normalized spacial score (nSPS) is 15.1. The molecule has 2 aromatic heterocycles. The van der Waals surface area contributed by atoms with E-state index in [-0.39, 0.29) is 5.56 Å². The van der Waals surface area contributed by atoms with Gasteiger partial charge in [0.25, 0.3) is 0 Å². The molecule has 7 heteroatoms. The molecule has 0 aliphatic carbocycles. The van der Waals surface area contributed by atoms with Crippen LogP contribution in [-0.2, 0) is 6.54 Å². The third-order valence-electron chi connectivity index (χ3n) is 1.90. The lowest BCUT2D eigenvalue weighted by molar-refractivity contribution is 0.703. The van der Waals surface area contributed by atoms with Crippen molar-refractivity contribution in [1.29, 1.82) is 0 Å². The molecule has 0 amide bonds. The molecule has 0 spiro atoms. The Hall–Kier alpha value is -0.950. The first-order valence-corrected chi connectivity index (χ1v) is 5.44. The van der Waals surface area contributed by atoms with Gasteiger partial charge >= 0.3 is 5.56 Å². The van der Waals surface area contributed by atoms with Crippen LogP contribution in [0.4, 0.5) is 0 Å². The zero-order chi connectivity index (χ0) is 8.84. The molecule has 5 nitrogen and oxygen atoms in total. The standard InChI is InChI=1S/C6H4N4OS2/c11-5-3-4(9-13-8-3)10-1-2-12-6(10)7-5/h1-2H2. The maximum Gasteiger partial charge on any atom is 0.303 e. The second-order valence-electron chi connectivity index (χ2n) is 2.64. The summed E-state index contributed by atoms with van der Waals surface area (Å²) in [5, 5.41) is 0.769. The minimum atomic E-state index is -0.260. The van der Waals surface area contributed by atoms with Crippen molar-refractivity contribution in [1.82, 2.24) is 18.3 Å². The quantitative estimate of drug-likeness (QED) is 0.590. The van der Waals surface area contributed by atoms with Gasteiger partial charge in [0.05, 0.1) is 11.7 Å². The van der Waals surface area contributed by atoms with Crippen LogP contribution in [0.25, 0.3) is 11.2 Å². The number of aromatic nitrogens is 4. The van der Waals surface area contributed by atoms with Crippen LogP contribution in [0.1, 0.15) is 0 Å². The molecule has 0 aromatic carbocycles. The number of hydrogen-bond donors (Lipinski definition) is 0. The Morgan fingerprint density at radius 3 is 3.23 bits per heavy atom. The highest BCUT2D eigenvalue weighted by molar-refractivity contribution is 7.99. The van der Waals surface area contributed by atoms with Crippen molar-refractivity contribution < 1.29 is 0 Å².